The van der Waals surface area contributed by atoms with E-state index < -0.39 is 0 Å². The van der Waals surface area contributed by atoms with Gasteiger partial charge in [0, 0.05) is 24.2 Å². The normalized spacial score (nSPS) is 11.6. The van der Waals surface area contributed by atoms with Gasteiger partial charge in [0.25, 0.3) is 0 Å². The van der Waals surface area contributed by atoms with E-state index in [0.717, 1.165) is 12.1 Å². The molecule has 72 valence electrons. The number of aryl methyl sites for hydroxylation is 1. The van der Waals surface area contributed by atoms with Crippen LogP contribution in [0.2, 0.25) is 0 Å². The van der Waals surface area contributed by atoms with Crippen LogP contribution in [0.3, 0.4) is 0 Å². The molecule has 0 radical (unpaired) electrons. The Hall–Kier alpha value is -1.25. The van der Waals surface area contributed by atoms with Crippen molar-refractivity contribution in [1.82, 2.24) is 9.78 Å². The Morgan fingerprint density at radius 1 is 1.69 bits per heavy atom. The van der Waals surface area contributed by atoms with Crippen LogP contribution in [0.5, 0.6) is 0 Å². The fraction of sp³-hybridized carbons (Fsp3) is 0.500. The molecule has 0 aliphatic heterocycles. The maximum absolute atomic E-state index is 5.61. The van der Waals surface area contributed by atoms with Gasteiger partial charge in [0.1, 0.15) is 5.82 Å². The van der Waals surface area contributed by atoms with E-state index in [1.807, 2.05) is 23.9 Å². The summed E-state index contributed by atoms with van der Waals surface area (Å²) in [5.41, 5.74) is 6.81. The van der Waals surface area contributed by atoms with Gasteiger partial charge in [0.05, 0.1) is 0 Å². The van der Waals surface area contributed by atoms with Crippen LogP contribution in [0, 0.1) is 0 Å². The van der Waals surface area contributed by atoms with Crippen LogP contribution < -0.4 is 5.73 Å². The highest BCUT2D eigenvalue weighted by molar-refractivity contribution is 5.33. The first-order chi connectivity index (χ1) is 5.97. The Morgan fingerprint density at radius 3 is 2.69 bits per heavy atom. The molecule has 0 aliphatic carbocycles. The van der Waals surface area contributed by atoms with Crippen LogP contribution in [0.25, 0.3) is 0 Å². The lowest BCUT2D eigenvalue weighted by Gasteiger charge is -2.22. The summed E-state index contributed by atoms with van der Waals surface area (Å²) < 4.78 is 1.83. The molecule has 0 amide bonds. The third-order valence-corrected chi connectivity index (χ3v) is 2.25. The third-order valence-electron chi connectivity index (χ3n) is 2.25. The van der Waals surface area contributed by atoms with Gasteiger partial charge in [-0.25, -0.2) is 0 Å². The summed E-state index contributed by atoms with van der Waals surface area (Å²) in [6, 6.07) is 1.92. The summed E-state index contributed by atoms with van der Waals surface area (Å²) in [5, 5.41) is 4.12. The average Bonchev–Trinajstić information content (AvgIpc) is 2.30. The summed E-state index contributed by atoms with van der Waals surface area (Å²) in [6.45, 7) is 8.06. The van der Waals surface area contributed by atoms with Crippen LogP contribution in [-0.4, -0.2) is 9.78 Å². The molecular formula is C10H17N3. The van der Waals surface area contributed by atoms with Crippen molar-refractivity contribution in [2.75, 3.05) is 5.73 Å². The molecule has 0 aliphatic rings. The maximum atomic E-state index is 5.61. The molecule has 3 nitrogen and oxygen atoms in total. The Bertz CT molecular complexity index is 310. The van der Waals surface area contributed by atoms with Gasteiger partial charge >= 0.3 is 0 Å². The first kappa shape index (κ1) is 9.84. The van der Waals surface area contributed by atoms with Crippen molar-refractivity contribution < 1.29 is 0 Å². The van der Waals surface area contributed by atoms with Gasteiger partial charge in [-0.15, -0.1) is 6.58 Å². The standard InChI is InChI=1S/C10H17N3/c1-5-6-10(2,3)8-7-9(11)12-13(8)4/h5,7H,1,6H2,2-4H3,(H2,11,12). The van der Waals surface area contributed by atoms with Gasteiger partial charge < -0.3 is 5.73 Å². The average molecular weight is 179 g/mol. The monoisotopic (exact) mass is 179 g/mol. The van der Waals surface area contributed by atoms with Gasteiger partial charge in [-0.3, -0.25) is 4.68 Å². The van der Waals surface area contributed by atoms with Gasteiger partial charge in [0.15, 0.2) is 0 Å². The fourth-order valence-electron chi connectivity index (χ4n) is 1.59. The number of rotatable bonds is 3. The van der Waals surface area contributed by atoms with E-state index >= 15 is 0 Å². The second-order valence-corrected chi connectivity index (χ2v) is 3.95. The third kappa shape index (κ3) is 1.91. The van der Waals surface area contributed by atoms with E-state index in [0.29, 0.717) is 5.82 Å². The van der Waals surface area contributed by atoms with Gasteiger partial charge in [-0.2, -0.15) is 5.10 Å². The van der Waals surface area contributed by atoms with Crippen LogP contribution in [0.4, 0.5) is 5.82 Å². The number of hydrogen-bond donors (Lipinski definition) is 1. The minimum atomic E-state index is 0.0567. The van der Waals surface area contributed by atoms with E-state index in [-0.39, 0.29) is 5.41 Å². The topological polar surface area (TPSA) is 43.8 Å². The summed E-state index contributed by atoms with van der Waals surface area (Å²) in [6.07, 6.45) is 2.84. The zero-order valence-electron chi connectivity index (χ0n) is 8.54. The second kappa shape index (κ2) is 3.24. The van der Waals surface area contributed by atoms with Crippen LogP contribution in [0.1, 0.15) is 26.0 Å². The molecule has 0 spiro atoms. The molecule has 0 bridgehead atoms. The van der Waals surface area contributed by atoms with E-state index in [1.54, 1.807) is 0 Å². The maximum Gasteiger partial charge on any atom is 0.145 e. The van der Waals surface area contributed by atoms with Crippen molar-refractivity contribution in [3.8, 4) is 0 Å². The zero-order valence-corrected chi connectivity index (χ0v) is 8.54. The van der Waals surface area contributed by atoms with E-state index in [9.17, 15) is 0 Å². The number of anilines is 1. The molecular weight excluding hydrogens is 162 g/mol. The van der Waals surface area contributed by atoms with E-state index in [4.69, 9.17) is 5.73 Å². The number of nitrogens with two attached hydrogens (primary N) is 1. The van der Waals surface area contributed by atoms with Crippen molar-refractivity contribution in [2.24, 2.45) is 7.05 Å². The Morgan fingerprint density at radius 2 is 2.31 bits per heavy atom. The van der Waals surface area contributed by atoms with Gasteiger partial charge in [0.2, 0.25) is 0 Å². The Labute approximate surface area is 79.2 Å². The minimum absolute atomic E-state index is 0.0567. The van der Waals surface area contributed by atoms with Crippen molar-refractivity contribution >= 4 is 5.82 Å². The molecule has 0 atom stereocenters. The minimum Gasteiger partial charge on any atom is -0.382 e. The quantitative estimate of drug-likeness (QED) is 0.720. The SMILES string of the molecule is C=CCC(C)(C)c1cc(N)nn1C. The van der Waals surface area contributed by atoms with Crippen molar-refractivity contribution in [2.45, 2.75) is 25.7 Å². The van der Waals surface area contributed by atoms with Gasteiger partial charge in [-0.1, -0.05) is 19.9 Å². The van der Waals surface area contributed by atoms with Crippen LogP contribution in [0.15, 0.2) is 18.7 Å². The van der Waals surface area contributed by atoms with Crippen molar-refractivity contribution in [3.05, 3.63) is 24.4 Å². The first-order valence-corrected chi connectivity index (χ1v) is 4.38. The molecule has 0 aromatic carbocycles. The molecule has 1 rings (SSSR count). The highest BCUT2D eigenvalue weighted by Gasteiger charge is 2.22. The Kier molecular flexibility index (Phi) is 2.45. The first-order valence-electron chi connectivity index (χ1n) is 4.38. The van der Waals surface area contributed by atoms with Crippen molar-refractivity contribution in [1.29, 1.82) is 0 Å². The molecule has 1 aromatic heterocycles. The van der Waals surface area contributed by atoms with E-state index in [1.165, 1.54) is 0 Å². The number of nitrogen functional groups attached to an aromatic ring is 1. The zero-order chi connectivity index (χ0) is 10.1. The molecule has 13 heavy (non-hydrogen) atoms. The number of hydrogen-bond acceptors (Lipinski definition) is 2. The summed E-state index contributed by atoms with van der Waals surface area (Å²) in [4.78, 5) is 0. The Balaban J connectivity index is 3.05. The molecule has 0 saturated carbocycles. The largest absolute Gasteiger partial charge is 0.382 e. The molecule has 3 heteroatoms. The molecule has 1 aromatic rings. The predicted octanol–water partition coefficient (Wildman–Crippen LogP) is 1.86. The summed E-state index contributed by atoms with van der Waals surface area (Å²) in [5.74, 6) is 0.578. The molecule has 0 fully saturated rings. The number of aromatic nitrogens is 2. The van der Waals surface area contributed by atoms with Crippen LogP contribution >= 0.6 is 0 Å². The van der Waals surface area contributed by atoms with Gasteiger partial charge in [-0.05, 0) is 6.42 Å². The predicted molar refractivity (Wildman–Crippen MR) is 55.5 cm³/mol. The lowest BCUT2D eigenvalue weighted by Crippen LogP contribution is -2.20. The van der Waals surface area contributed by atoms with Crippen LogP contribution in [-0.2, 0) is 12.5 Å². The lowest BCUT2D eigenvalue weighted by molar-refractivity contribution is 0.482. The summed E-state index contributed by atoms with van der Waals surface area (Å²) >= 11 is 0. The number of allylic oxidation sites excluding steroid dienone is 1. The molecule has 0 saturated heterocycles. The molecule has 2 N–H and O–H groups in total. The van der Waals surface area contributed by atoms with E-state index in [2.05, 4.69) is 25.5 Å². The lowest BCUT2D eigenvalue weighted by atomic mass is 9.85. The highest BCUT2D eigenvalue weighted by Crippen LogP contribution is 2.27. The second-order valence-electron chi connectivity index (χ2n) is 3.95. The molecule has 0 unspecified atom stereocenters. The fourth-order valence-corrected chi connectivity index (χ4v) is 1.59. The highest BCUT2D eigenvalue weighted by atomic mass is 15.3. The number of nitrogens with zero attached hydrogens (tertiary/aromatic N) is 2. The van der Waals surface area contributed by atoms with Crippen molar-refractivity contribution in [3.63, 3.8) is 0 Å². The summed E-state index contributed by atoms with van der Waals surface area (Å²) in [7, 11) is 1.91. The smallest absolute Gasteiger partial charge is 0.145 e. The molecule has 1 heterocycles.